The molecule has 0 unspecified atom stereocenters. The highest BCUT2D eigenvalue weighted by atomic mass is 16.7. The fourth-order valence-electron chi connectivity index (χ4n) is 2.30. The summed E-state index contributed by atoms with van der Waals surface area (Å²) in [5, 5.41) is 0. The molecule has 0 aliphatic carbocycles. The van der Waals surface area contributed by atoms with E-state index in [1.165, 1.54) is 0 Å². The largest absolute Gasteiger partial charge is 0.493 e. The van der Waals surface area contributed by atoms with Gasteiger partial charge in [0.2, 0.25) is 0 Å². The molecule has 0 saturated heterocycles. The molecule has 0 heterocycles. The van der Waals surface area contributed by atoms with E-state index in [2.05, 4.69) is 0 Å². The zero-order valence-electron chi connectivity index (χ0n) is 13.7. The van der Waals surface area contributed by atoms with Gasteiger partial charge in [0.15, 0.2) is 5.79 Å². The zero-order chi connectivity index (χ0) is 16.4. The second-order valence-electron chi connectivity index (χ2n) is 5.14. The van der Waals surface area contributed by atoms with E-state index in [4.69, 9.17) is 18.9 Å². The van der Waals surface area contributed by atoms with Crippen molar-refractivity contribution in [1.29, 1.82) is 0 Å². The lowest BCUT2D eigenvalue weighted by Crippen LogP contribution is -2.37. The molecule has 124 valence electrons. The van der Waals surface area contributed by atoms with Gasteiger partial charge in [-0.2, -0.15) is 0 Å². The molecular formula is C19H24O4. The van der Waals surface area contributed by atoms with E-state index in [1.54, 1.807) is 14.2 Å². The summed E-state index contributed by atoms with van der Waals surface area (Å²) in [6, 6.07) is 19.4. The molecule has 2 aromatic rings. The summed E-state index contributed by atoms with van der Waals surface area (Å²) in [5.41, 5.74) is 0. The fourth-order valence-corrected chi connectivity index (χ4v) is 2.30. The average Bonchev–Trinajstić information content (AvgIpc) is 2.62. The molecule has 2 rings (SSSR count). The Kier molecular flexibility index (Phi) is 6.91. The second-order valence-corrected chi connectivity index (χ2v) is 5.14. The third-order valence-corrected chi connectivity index (χ3v) is 3.73. The SMILES string of the molecule is COC(CCOc1ccccc1)(CCOc1ccccc1)OC. The number of methoxy groups -OCH3 is 2. The molecular weight excluding hydrogens is 292 g/mol. The van der Waals surface area contributed by atoms with Crippen LogP contribution in [0, 0.1) is 0 Å². The number of benzene rings is 2. The van der Waals surface area contributed by atoms with Crippen LogP contribution in [0.25, 0.3) is 0 Å². The van der Waals surface area contributed by atoms with Crippen LogP contribution < -0.4 is 9.47 Å². The lowest BCUT2D eigenvalue weighted by atomic mass is 10.1. The van der Waals surface area contributed by atoms with Gasteiger partial charge in [0.1, 0.15) is 11.5 Å². The van der Waals surface area contributed by atoms with Crippen molar-refractivity contribution >= 4 is 0 Å². The first-order valence-corrected chi connectivity index (χ1v) is 7.74. The van der Waals surface area contributed by atoms with Gasteiger partial charge in [-0.05, 0) is 24.3 Å². The Morgan fingerprint density at radius 3 is 1.39 bits per heavy atom. The van der Waals surface area contributed by atoms with E-state index in [9.17, 15) is 0 Å². The maximum atomic E-state index is 5.73. The highest BCUT2D eigenvalue weighted by Gasteiger charge is 2.29. The van der Waals surface area contributed by atoms with E-state index in [0.29, 0.717) is 26.1 Å². The Morgan fingerprint density at radius 2 is 1.04 bits per heavy atom. The van der Waals surface area contributed by atoms with Crippen LogP contribution in [0.2, 0.25) is 0 Å². The van der Waals surface area contributed by atoms with Crippen LogP contribution in [0.1, 0.15) is 12.8 Å². The summed E-state index contributed by atoms with van der Waals surface area (Å²) in [7, 11) is 3.29. The predicted octanol–water partition coefficient (Wildman–Crippen LogP) is 3.91. The molecule has 0 saturated carbocycles. The lowest BCUT2D eigenvalue weighted by Gasteiger charge is -2.30. The molecule has 0 aromatic heterocycles. The number of para-hydroxylation sites is 2. The quantitative estimate of drug-likeness (QED) is 0.623. The van der Waals surface area contributed by atoms with Crippen LogP contribution in [0.5, 0.6) is 11.5 Å². The molecule has 0 atom stereocenters. The Morgan fingerprint density at radius 1 is 0.652 bits per heavy atom. The third-order valence-electron chi connectivity index (χ3n) is 3.73. The van der Waals surface area contributed by atoms with Crippen molar-refractivity contribution in [3.05, 3.63) is 60.7 Å². The number of ether oxygens (including phenoxy) is 4. The summed E-state index contributed by atoms with van der Waals surface area (Å²) in [5.74, 6) is 0.979. The van der Waals surface area contributed by atoms with Crippen molar-refractivity contribution in [1.82, 2.24) is 0 Å². The van der Waals surface area contributed by atoms with Crippen LogP contribution in [0.4, 0.5) is 0 Å². The van der Waals surface area contributed by atoms with Crippen molar-refractivity contribution < 1.29 is 18.9 Å². The van der Waals surface area contributed by atoms with Gasteiger partial charge in [0.25, 0.3) is 0 Å². The maximum absolute atomic E-state index is 5.73. The van der Waals surface area contributed by atoms with Crippen molar-refractivity contribution in [2.45, 2.75) is 18.6 Å². The molecule has 4 nitrogen and oxygen atoms in total. The first-order chi connectivity index (χ1) is 11.3. The van der Waals surface area contributed by atoms with Crippen molar-refractivity contribution in [3.63, 3.8) is 0 Å². The molecule has 0 bridgehead atoms. The standard InChI is InChI=1S/C19H24O4/c1-20-19(21-2,13-15-22-17-9-5-3-6-10-17)14-16-23-18-11-7-4-8-12-18/h3-12H,13-16H2,1-2H3. The number of hydrogen-bond acceptors (Lipinski definition) is 4. The molecule has 0 N–H and O–H groups in total. The molecule has 0 aliphatic rings. The predicted molar refractivity (Wildman–Crippen MR) is 89.9 cm³/mol. The van der Waals surface area contributed by atoms with Crippen LogP contribution in [-0.4, -0.2) is 33.2 Å². The molecule has 0 spiro atoms. The zero-order valence-corrected chi connectivity index (χ0v) is 13.7. The van der Waals surface area contributed by atoms with Gasteiger partial charge >= 0.3 is 0 Å². The smallest absolute Gasteiger partial charge is 0.173 e. The van der Waals surface area contributed by atoms with Gasteiger partial charge in [0, 0.05) is 27.1 Å². The highest BCUT2D eigenvalue weighted by molar-refractivity contribution is 5.21. The molecule has 2 aromatic carbocycles. The monoisotopic (exact) mass is 316 g/mol. The summed E-state index contributed by atoms with van der Waals surface area (Å²) in [6.45, 7) is 1.02. The lowest BCUT2D eigenvalue weighted by molar-refractivity contribution is -0.220. The van der Waals surface area contributed by atoms with E-state index < -0.39 is 5.79 Å². The molecule has 23 heavy (non-hydrogen) atoms. The Bertz CT molecular complexity index is 490. The van der Waals surface area contributed by atoms with Crippen LogP contribution in [-0.2, 0) is 9.47 Å². The average molecular weight is 316 g/mol. The van der Waals surface area contributed by atoms with E-state index in [1.807, 2.05) is 60.7 Å². The molecule has 4 heteroatoms. The number of hydrogen-bond donors (Lipinski definition) is 0. The minimum absolute atomic E-state index is 0.511. The highest BCUT2D eigenvalue weighted by Crippen LogP contribution is 2.22. The third kappa shape index (κ3) is 5.58. The Labute approximate surface area is 137 Å². The molecule has 0 fully saturated rings. The van der Waals surface area contributed by atoms with Crippen molar-refractivity contribution in [2.75, 3.05) is 27.4 Å². The van der Waals surface area contributed by atoms with Crippen molar-refractivity contribution in [2.24, 2.45) is 0 Å². The van der Waals surface area contributed by atoms with Crippen LogP contribution >= 0.6 is 0 Å². The molecule has 0 amide bonds. The maximum Gasteiger partial charge on any atom is 0.173 e. The van der Waals surface area contributed by atoms with Crippen molar-refractivity contribution in [3.8, 4) is 11.5 Å². The summed E-state index contributed by atoms with van der Waals surface area (Å²) < 4.78 is 22.6. The Balaban J connectivity index is 1.80. The molecule has 0 radical (unpaired) electrons. The summed E-state index contributed by atoms with van der Waals surface area (Å²) >= 11 is 0. The van der Waals surface area contributed by atoms with E-state index in [-0.39, 0.29) is 0 Å². The second kappa shape index (κ2) is 9.18. The first kappa shape index (κ1) is 17.3. The van der Waals surface area contributed by atoms with Gasteiger partial charge in [-0.15, -0.1) is 0 Å². The number of rotatable bonds is 10. The van der Waals surface area contributed by atoms with Crippen LogP contribution in [0.3, 0.4) is 0 Å². The van der Waals surface area contributed by atoms with Gasteiger partial charge in [0.05, 0.1) is 13.2 Å². The fraction of sp³-hybridized carbons (Fsp3) is 0.368. The first-order valence-electron chi connectivity index (χ1n) is 7.74. The van der Waals surface area contributed by atoms with Gasteiger partial charge in [-0.1, -0.05) is 36.4 Å². The molecule has 0 aliphatic heterocycles. The minimum atomic E-state index is -0.705. The van der Waals surface area contributed by atoms with Gasteiger partial charge < -0.3 is 18.9 Å². The Hall–Kier alpha value is -2.04. The van der Waals surface area contributed by atoms with E-state index in [0.717, 1.165) is 11.5 Å². The summed E-state index contributed by atoms with van der Waals surface area (Å²) in [6.07, 6.45) is 1.24. The van der Waals surface area contributed by atoms with Gasteiger partial charge in [-0.3, -0.25) is 0 Å². The van der Waals surface area contributed by atoms with Crippen LogP contribution in [0.15, 0.2) is 60.7 Å². The minimum Gasteiger partial charge on any atom is -0.493 e. The van der Waals surface area contributed by atoms with E-state index >= 15 is 0 Å². The summed E-state index contributed by atoms with van der Waals surface area (Å²) in [4.78, 5) is 0. The van der Waals surface area contributed by atoms with Gasteiger partial charge in [-0.25, -0.2) is 0 Å². The topological polar surface area (TPSA) is 36.9 Å². The normalized spacial score (nSPS) is 11.2.